The van der Waals surface area contributed by atoms with Gasteiger partial charge >= 0.3 is 0 Å². The second kappa shape index (κ2) is 6.49. The first-order valence-corrected chi connectivity index (χ1v) is 7.47. The number of rotatable bonds is 4. The number of non-ortho nitro benzene ring substituents is 1. The molecule has 0 spiro atoms. The molecule has 122 valence electrons. The average molecular weight is 325 g/mol. The van der Waals surface area contributed by atoms with Crippen LogP contribution in [0.5, 0.6) is 0 Å². The number of fused-ring (bicyclic) bond motifs is 1. The molecule has 0 atom stereocenters. The van der Waals surface area contributed by atoms with Gasteiger partial charge in [-0.25, -0.2) is 0 Å². The van der Waals surface area contributed by atoms with E-state index in [1.807, 2.05) is 6.07 Å². The third-order valence-corrected chi connectivity index (χ3v) is 3.83. The van der Waals surface area contributed by atoms with Gasteiger partial charge < -0.3 is 10.2 Å². The van der Waals surface area contributed by atoms with Crippen LogP contribution >= 0.6 is 0 Å². The van der Waals surface area contributed by atoms with Crippen LogP contribution in [-0.2, 0) is 16.0 Å². The van der Waals surface area contributed by atoms with Gasteiger partial charge in [0.15, 0.2) is 0 Å². The molecule has 2 aromatic carbocycles. The van der Waals surface area contributed by atoms with Crippen LogP contribution in [-0.4, -0.2) is 23.3 Å². The van der Waals surface area contributed by atoms with Crippen molar-refractivity contribution in [3.05, 3.63) is 64.2 Å². The summed E-state index contributed by atoms with van der Waals surface area (Å²) in [4.78, 5) is 36.2. The number of carbonyl (C=O) groups is 2. The van der Waals surface area contributed by atoms with E-state index in [0.717, 1.165) is 0 Å². The largest absolute Gasteiger partial charge is 0.325 e. The van der Waals surface area contributed by atoms with Gasteiger partial charge in [0.05, 0.1) is 4.92 Å². The molecule has 0 radical (unpaired) electrons. The lowest BCUT2D eigenvalue weighted by Crippen LogP contribution is -2.40. The number of hydrogen-bond acceptors (Lipinski definition) is 4. The van der Waals surface area contributed by atoms with Crippen LogP contribution in [0.3, 0.4) is 0 Å². The average Bonchev–Trinajstić information content (AvgIpc) is 2.58. The fourth-order valence-corrected chi connectivity index (χ4v) is 2.70. The van der Waals surface area contributed by atoms with E-state index in [1.165, 1.54) is 23.1 Å². The number of carbonyl (C=O) groups excluding carboxylic acids is 2. The number of nitrogens with zero attached hydrogens (tertiary/aromatic N) is 2. The molecule has 7 nitrogen and oxygen atoms in total. The fourth-order valence-electron chi connectivity index (χ4n) is 2.70. The number of nitro benzene ring substituents is 1. The zero-order valence-corrected chi connectivity index (χ0v) is 12.8. The molecule has 0 saturated carbocycles. The Balaban J connectivity index is 1.79. The van der Waals surface area contributed by atoms with E-state index >= 15 is 0 Å². The van der Waals surface area contributed by atoms with Crippen molar-refractivity contribution in [2.45, 2.75) is 12.8 Å². The number of para-hydroxylation sites is 1. The summed E-state index contributed by atoms with van der Waals surface area (Å²) in [5.41, 5.74) is 1.89. The lowest BCUT2D eigenvalue weighted by Gasteiger charge is -2.28. The number of anilines is 2. The Hall–Kier alpha value is -3.22. The lowest BCUT2D eigenvalue weighted by atomic mass is 10.0. The molecule has 2 amide bonds. The van der Waals surface area contributed by atoms with Crippen molar-refractivity contribution in [3.63, 3.8) is 0 Å². The number of nitro groups is 1. The Morgan fingerprint density at radius 1 is 1.17 bits per heavy atom. The highest BCUT2D eigenvalue weighted by atomic mass is 16.6. The third-order valence-electron chi connectivity index (χ3n) is 3.83. The molecule has 0 unspecified atom stereocenters. The van der Waals surface area contributed by atoms with Gasteiger partial charge in [-0.2, -0.15) is 0 Å². The molecular formula is C17H15N3O4. The predicted molar refractivity (Wildman–Crippen MR) is 88.8 cm³/mol. The number of hydrogen-bond donors (Lipinski definition) is 1. The Morgan fingerprint density at radius 3 is 2.62 bits per heavy atom. The van der Waals surface area contributed by atoms with Crippen LogP contribution in [0.15, 0.2) is 48.5 Å². The van der Waals surface area contributed by atoms with Crippen LogP contribution < -0.4 is 10.2 Å². The van der Waals surface area contributed by atoms with Crippen LogP contribution in [0.1, 0.15) is 12.0 Å². The topological polar surface area (TPSA) is 92.5 Å². The van der Waals surface area contributed by atoms with Crippen molar-refractivity contribution in [3.8, 4) is 0 Å². The first kappa shape index (κ1) is 15.7. The van der Waals surface area contributed by atoms with E-state index in [9.17, 15) is 19.7 Å². The van der Waals surface area contributed by atoms with Crippen LogP contribution in [0.4, 0.5) is 17.1 Å². The molecule has 1 aliphatic heterocycles. The minimum atomic E-state index is -0.469. The Bertz CT molecular complexity index is 805. The predicted octanol–water partition coefficient (Wildman–Crippen LogP) is 2.51. The summed E-state index contributed by atoms with van der Waals surface area (Å²) in [5, 5.41) is 13.6. The second-order valence-electron chi connectivity index (χ2n) is 5.46. The highest BCUT2D eigenvalue weighted by Crippen LogP contribution is 2.30. The zero-order valence-electron chi connectivity index (χ0n) is 12.8. The lowest BCUT2D eigenvalue weighted by molar-refractivity contribution is -0.384. The Morgan fingerprint density at radius 2 is 1.92 bits per heavy atom. The summed E-state index contributed by atoms with van der Waals surface area (Å²) in [7, 11) is 0. The van der Waals surface area contributed by atoms with E-state index in [0.29, 0.717) is 23.4 Å². The van der Waals surface area contributed by atoms with Gasteiger partial charge in [-0.1, -0.05) is 18.2 Å². The zero-order chi connectivity index (χ0) is 17.1. The smallest absolute Gasteiger partial charge is 0.269 e. The maximum Gasteiger partial charge on any atom is 0.269 e. The van der Waals surface area contributed by atoms with Crippen molar-refractivity contribution in [2.24, 2.45) is 0 Å². The van der Waals surface area contributed by atoms with E-state index in [1.54, 1.807) is 24.3 Å². The molecule has 0 aliphatic carbocycles. The van der Waals surface area contributed by atoms with E-state index in [2.05, 4.69) is 5.32 Å². The maximum atomic E-state index is 12.2. The van der Waals surface area contributed by atoms with Crippen molar-refractivity contribution >= 4 is 28.9 Å². The number of nitrogens with one attached hydrogen (secondary N) is 1. The van der Waals surface area contributed by atoms with Gasteiger partial charge in [-0.15, -0.1) is 0 Å². The summed E-state index contributed by atoms with van der Waals surface area (Å²) in [5.74, 6) is -0.486. The molecule has 1 heterocycles. The van der Waals surface area contributed by atoms with Gasteiger partial charge in [0, 0.05) is 29.9 Å². The summed E-state index contributed by atoms with van der Waals surface area (Å²) < 4.78 is 0. The molecule has 0 bridgehead atoms. The quantitative estimate of drug-likeness (QED) is 0.690. The summed E-state index contributed by atoms with van der Waals surface area (Å²) in [6.07, 6.45) is 0.666. The Kier molecular flexibility index (Phi) is 4.24. The third kappa shape index (κ3) is 3.24. The van der Waals surface area contributed by atoms with E-state index in [4.69, 9.17) is 0 Å². The van der Waals surface area contributed by atoms with Crippen LogP contribution in [0.25, 0.3) is 0 Å². The van der Waals surface area contributed by atoms with Crippen LogP contribution in [0, 0.1) is 10.1 Å². The molecular weight excluding hydrogens is 310 g/mol. The molecule has 1 N–H and O–H groups in total. The van der Waals surface area contributed by atoms with Crippen molar-refractivity contribution in [2.75, 3.05) is 16.8 Å². The fraction of sp³-hybridized carbons (Fsp3) is 0.176. The van der Waals surface area contributed by atoms with Gasteiger partial charge in [-0.05, 0) is 30.2 Å². The van der Waals surface area contributed by atoms with E-state index in [-0.39, 0.29) is 30.5 Å². The van der Waals surface area contributed by atoms with Crippen LogP contribution in [0.2, 0.25) is 0 Å². The first-order valence-electron chi connectivity index (χ1n) is 7.47. The summed E-state index contributed by atoms with van der Waals surface area (Å²) >= 11 is 0. The number of benzene rings is 2. The van der Waals surface area contributed by atoms with Gasteiger partial charge in [0.1, 0.15) is 6.54 Å². The van der Waals surface area contributed by atoms with E-state index < -0.39 is 4.92 Å². The van der Waals surface area contributed by atoms with Gasteiger partial charge in [-0.3, -0.25) is 19.7 Å². The van der Waals surface area contributed by atoms with Gasteiger partial charge in [0.25, 0.3) is 5.69 Å². The van der Waals surface area contributed by atoms with Crippen molar-refractivity contribution in [1.29, 1.82) is 0 Å². The maximum absolute atomic E-state index is 12.2. The highest BCUT2D eigenvalue weighted by Gasteiger charge is 2.27. The molecule has 0 saturated heterocycles. The molecule has 24 heavy (non-hydrogen) atoms. The highest BCUT2D eigenvalue weighted by molar-refractivity contribution is 6.04. The van der Waals surface area contributed by atoms with Crippen molar-refractivity contribution in [1.82, 2.24) is 0 Å². The molecule has 0 fully saturated rings. The van der Waals surface area contributed by atoms with Gasteiger partial charge in [0.2, 0.25) is 11.8 Å². The summed E-state index contributed by atoms with van der Waals surface area (Å²) in [6, 6.07) is 13.3. The summed E-state index contributed by atoms with van der Waals surface area (Å²) in [6.45, 7) is -0.126. The molecule has 3 rings (SSSR count). The first-order chi connectivity index (χ1) is 11.5. The van der Waals surface area contributed by atoms with Crippen molar-refractivity contribution < 1.29 is 14.5 Å². The number of aryl methyl sites for hydroxylation is 1. The Labute approximate surface area is 138 Å². The monoisotopic (exact) mass is 325 g/mol. The minimum absolute atomic E-state index is 0.0169. The molecule has 1 aliphatic rings. The number of amides is 2. The normalized spacial score (nSPS) is 13.3. The molecule has 2 aromatic rings. The SMILES string of the molecule is O=C(CN1C(=O)CCc2cc([N+](=O)[O-])ccc21)Nc1ccccc1. The molecule has 7 heteroatoms. The minimum Gasteiger partial charge on any atom is -0.325 e. The second-order valence-corrected chi connectivity index (χ2v) is 5.46. The standard InChI is InChI=1S/C17H15N3O4/c21-16(18-13-4-2-1-3-5-13)11-19-15-8-7-14(20(23)24)10-12(15)6-9-17(19)22/h1-5,7-8,10H,6,9,11H2,(H,18,21). The molecule has 0 aromatic heterocycles.